The highest BCUT2D eigenvalue weighted by Crippen LogP contribution is 2.21. The fourth-order valence-corrected chi connectivity index (χ4v) is 2.92. The molecule has 0 aliphatic heterocycles. The van der Waals surface area contributed by atoms with E-state index in [0.717, 1.165) is 18.7 Å². The number of nitrogens with one attached hydrogen (secondary N) is 1. The van der Waals surface area contributed by atoms with Crippen molar-refractivity contribution in [2.24, 2.45) is 0 Å². The van der Waals surface area contributed by atoms with E-state index >= 15 is 0 Å². The van der Waals surface area contributed by atoms with Crippen molar-refractivity contribution in [3.63, 3.8) is 0 Å². The lowest BCUT2D eigenvalue weighted by molar-refractivity contribution is 0.413. The molecule has 0 bridgehead atoms. The fraction of sp³-hybridized carbons (Fsp3) is 0.333. The molecule has 1 unspecified atom stereocenters. The highest BCUT2D eigenvalue weighted by Gasteiger charge is 2.17. The van der Waals surface area contributed by atoms with Gasteiger partial charge in [-0.05, 0) is 48.1 Å². The van der Waals surface area contributed by atoms with Crippen LogP contribution in [-0.4, -0.2) is 13.2 Å². The van der Waals surface area contributed by atoms with Crippen LogP contribution in [0.3, 0.4) is 0 Å². The van der Waals surface area contributed by atoms with Crippen LogP contribution in [0.5, 0.6) is 5.75 Å². The smallest absolute Gasteiger partial charge is 0.119 e. The molecule has 0 spiro atoms. The van der Waals surface area contributed by atoms with E-state index in [9.17, 15) is 0 Å². The molecule has 0 saturated carbocycles. The molecule has 0 amide bonds. The Labute approximate surface area is 120 Å². The van der Waals surface area contributed by atoms with Crippen LogP contribution in [0, 0.1) is 0 Å². The minimum Gasteiger partial charge on any atom is -0.497 e. The summed E-state index contributed by atoms with van der Waals surface area (Å²) in [7, 11) is 1.71. The molecular formula is C18H21NO. The third kappa shape index (κ3) is 3.02. The van der Waals surface area contributed by atoms with E-state index in [0.29, 0.717) is 6.04 Å². The molecule has 2 aromatic rings. The molecule has 0 heterocycles. The first-order chi connectivity index (χ1) is 9.85. The van der Waals surface area contributed by atoms with Crippen molar-refractivity contribution in [3.05, 3.63) is 65.2 Å². The zero-order valence-electron chi connectivity index (χ0n) is 11.9. The molecule has 0 aromatic heterocycles. The van der Waals surface area contributed by atoms with Gasteiger partial charge in [0.2, 0.25) is 0 Å². The molecular weight excluding hydrogens is 246 g/mol. The Morgan fingerprint density at radius 3 is 2.80 bits per heavy atom. The molecule has 0 radical (unpaired) electrons. The summed E-state index contributed by atoms with van der Waals surface area (Å²) in [5, 5.41) is 3.67. The Balaban J connectivity index is 1.60. The van der Waals surface area contributed by atoms with Gasteiger partial charge in [0.25, 0.3) is 0 Å². The summed E-state index contributed by atoms with van der Waals surface area (Å²) in [6, 6.07) is 17.7. The van der Waals surface area contributed by atoms with Gasteiger partial charge < -0.3 is 10.1 Å². The van der Waals surface area contributed by atoms with Gasteiger partial charge in [-0.3, -0.25) is 0 Å². The highest BCUT2D eigenvalue weighted by molar-refractivity contribution is 5.31. The second-order valence-corrected chi connectivity index (χ2v) is 5.44. The molecule has 0 saturated heterocycles. The van der Waals surface area contributed by atoms with Crippen LogP contribution in [0.15, 0.2) is 48.5 Å². The van der Waals surface area contributed by atoms with Crippen molar-refractivity contribution in [1.29, 1.82) is 0 Å². The summed E-state index contributed by atoms with van der Waals surface area (Å²) in [4.78, 5) is 0. The Morgan fingerprint density at radius 2 is 1.95 bits per heavy atom. The van der Waals surface area contributed by atoms with Gasteiger partial charge in [0.15, 0.2) is 0 Å². The largest absolute Gasteiger partial charge is 0.497 e. The second-order valence-electron chi connectivity index (χ2n) is 5.44. The van der Waals surface area contributed by atoms with Gasteiger partial charge in [-0.15, -0.1) is 0 Å². The number of fused-ring (bicyclic) bond motifs is 1. The predicted octanol–water partition coefficient (Wildman–Crippen LogP) is 3.34. The van der Waals surface area contributed by atoms with Gasteiger partial charge in [0.05, 0.1) is 7.11 Å². The average Bonchev–Trinajstić information content (AvgIpc) is 2.53. The van der Waals surface area contributed by atoms with Crippen molar-refractivity contribution in [1.82, 2.24) is 5.32 Å². The zero-order chi connectivity index (χ0) is 13.8. The molecule has 20 heavy (non-hydrogen) atoms. The van der Waals surface area contributed by atoms with E-state index in [-0.39, 0.29) is 0 Å². The third-order valence-corrected chi connectivity index (χ3v) is 4.08. The molecule has 1 atom stereocenters. The first-order valence-corrected chi connectivity index (χ1v) is 7.28. The van der Waals surface area contributed by atoms with Crippen LogP contribution in [0.2, 0.25) is 0 Å². The standard InChI is InChI=1S/C18H21NO/c1-20-18-8-4-5-14(11-18)13-19-17-10-9-15-6-2-3-7-16(15)12-17/h2-8,11,17,19H,9-10,12-13H2,1H3. The van der Waals surface area contributed by atoms with Gasteiger partial charge in [0.1, 0.15) is 5.75 Å². The summed E-state index contributed by atoms with van der Waals surface area (Å²) in [5.41, 5.74) is 4.30. The Kier molecular flexibility index (Phi) is 4.03. The third-order valence-electron chi connectivity index (χ3n) is 4.08. The number of ether oxygens (including phenoxy) is 1. The van der Waals surface area contributed by atoms with E-state index in [2.05, 4.69) is 41.7 Å². The number of hydrogen-bond acceptors (Lipinski definition) is 2. The maximum Gasteiger partial charge on any atom is 0.119 e. The van der Waals surface area contributed by atoms with Gasteiger partial charge in [-0.2, -0.15) is 0 Å². The Hall–Kier alpha value is -1.80. The maximum atomic E-state index is 5.27. The monoisotopic (exact) mass is 267 g/mol. The predicted molar refractivity (Wildman–Crippen MR) is 82.1 cm³/mol. The number of methoxy groups -OCH3 is 1. The van der Waals surface area contributed by atoms with E-state index in [1.807, 2.05) is 12.1 Å². The van der Waals surface area contributed by atoms with Gasteiger partial charge in [-0.25, -0.2) is 0 Å². The number of hydrogen-bond donors (Lipinski definition) is 1. The molecule has 1 aliphatic carbocycles. The van der Waals surface area contributed by atoms with E-state index in [1.165, 1.54) is 29.5 Å². The van der Waals surface area contributed by atoms with Crippen molar-refractivity contribution in [2.75, 3.05) is 7.11 Å². The topological polar surface area (TPSA) is 21.3 Å². The first kappa shape index (κ1) is 13.2. The van der Waals surface area contributed by atoms with Crippen molar-refractivity contribution in [3.8, 4) is 5.75 Å². The van der Waals surface area contributed by atoms with E-state index in [1.54, 1.807) is 7.11 Å². The highest BCUT2D eigenvalue weighted by atomic mass is 16.5. The molecule has 2 heteroatoms. The van der Waals surface area contributed by atoms with Crippen LogP contribution in [0.4, 0.5) is 0 Å². The summed E-state index contributed by atoms with van der Waals surface area (Å²) in [6.07, 6.45) is 3.55. The van der Waals surface area contributed by atoms with Crippen LogP contribution in [0.25, 0.3) is 0 Å². The number of aryl methyl sites for hydroxylation is 1. The van der Waals surface area contributed by atoms with Crippen molar-refractivity contribution in [2.45, 2.75) is 31.8 Å². The van der Waals surface area contributed by atoms with Crippen LogP contribution >= 0.6 is 0 Å². The van der Waals surface area contributed by atoms with Crippen LogP contribution in [0.1, 0.15) is 23.1 Å². The van der Waals surface area contributed by atoms with Crippen molar-refractivity contribution < 1.29 is 4.74 Å². The van der Waals surface area contributed by atoms with Gasteiger partial charge >= 0.3 is 0 Å². The summed E-state index contributed by atoms with van der Waals surface area (Å²) in [6.45, 7) is 0.907. The fourth-order valence-electron chi connectivity index (χ4n) is 2.92. The van der Waals surface area contributed by atoms with Gasteiger partial charge in [-0.1, -0.05) is 36.4 Å². The van der Waals surface area contributed by atoms with Crippen molar-refractivity contribution >= 4 is 0 Å². The molecule has 3 rings (SSSR count). The number of rotatable bonds is 4. The molecule has 0 fully saturated rings. The minimum atomic E-state index is 0.580. The Bertz CT molecular complexity index is 579. The zero-order valence-corrected chi connectivity index (χ0v) is 11.9. The lowest BCUT2D eigenvalue weighted by Crippen LogP contribution is -2.34. The van der Waals surface area contributed by atoms with Crippen LogP contribution in [-0.2, 0) is 19.4 Å². The lowest BCUT2D eigenvalue weighted by atomic mass is 9.88. The van der Waals surface area contributed by atoms with E-state index < -0.39 is 0 Å². The molecule has 1 aliphatic rings. The van der Waals surface area contributed by atoms with E-state index in [4.69, 9.17) is 4.74 Å². The Morgan fingerprint density at radius 1 is 1.10 bits per heavy atom. The summed E-state index contributed by atoms with van der Waals surface area (Å²) >= 11 is 0. The summed E-state index contributed by atoms with van der Waals surface area (Å²) < 4.78 is 5.27. The first-order valence-electron chi connectivity index (χ1n) is 7.28. The van der Waals surface area contributed by atoms with Crippen LogP contribution < -0.4 is 10.1 Å². The molecule has 1 N–H and O–H groups in total. The number of benzene rings is 2. The quantitative estimate of drug-likeness (QED) is 0.917. The summed E-state index contributed by atoms with van der Waals surface area (Å²) in [5.74, 6) is 0.929. The molecule has 2 aromatic carbocycles. The maximum absolute atomic E-state index is 5.27. The normalized spacial score (nSPS) is 17.6. The molecule has 104 valence electrons. The minimum absolute atomic E-state index is 0.580. The van der Waals surface area contributed by atoms with Gasteiger partial charge in [0, 0.05) is 12.6 Å². The SMILES string of the molecule is COc1cccc(CNC2CCc3ccccc3C2)c1. The molecule has 2 nitrogen and oxygen atoms in total. The lowest BCUT2D eigenvalue weighted by Gasteiger charge is -2.25. The second kappa shape index (κ2) is 6.10. The average molecular weight is 267 g/mol.